The van der Waals surface area contributed by atoms with Gasteiger partial charge in [0.1, 0.15) is 5.69 Å². The zero-order valence-corrected chi connectivity index (χ0v) is 14.5. The minimum Gasteiger partial charge on any atom is -0.380 e. The first-order valence-electron chi connectivity index (χ1n) is 9.19. The van der Waals surface area contributed by atoms with Crippen molar-refractivity contribution in [3.05, 3.63) is 29.6 Å². The normalized spacial score (nSPS) is 30.5. The molecule has 3 aliphatic heterocycles. The second kappa shape index (κ2) is 6.45. The van der Waals surface area contributed by atoms with E-state index in [4.69, 9.17) is 4.74 Å². The molecule has 24 heavy (non-hydrogen) atoms. The van der Waals surface area contributed by atoms with Gasteiger partial charge in [0, 0.05) is 37.2 Å². The Labute approximate surface area is 144 Å². The lowest BCUT2D eigenvalue weighted by molar-refractivity contribution is 0.0650. The van der Waals surface area contributed by atoms with Crippen LogP contribution in [-0.4, -0.2) is 66.6 Å². The number of aromatic nitrogens is 1. The van der Waals surface area contributed by atoms with Crippen LogP contribution in [0.15, 0.2) is 18.3 Å². The Morgan fingerprint density at radius 2 is 2.21 bits per heavy atom. The fourth-order valence-corrected chi connectivity index (χ4v) is 4.63. The number of likely N-dealkylation sites (tertiary alicyclic amines) is 2. The molecule has 4 heterocycles. The van der Waals surface area contributed by atoms with E-state index in [9.17, 15) is 4.79 Å². The molecule has 0 bridgehead atoms. The monoisotopic (exact) mass is 329 g/mol. The zero-order valence-electron chi connectivity index (χ0n) is 14.5. The Hall–Kier alpha value is -1.46. The average Bonchev–Trinajstić information content (AvgIpc) is 3.12. The number of fused-ring (bicyclic) bond motifs is 1. The fraction of sp³-hybridized carbons (Fsp3) is 0.684. The molecule has 0 saturated carbocycles. The Balaban J connectivity index is 1.50. The van der Waals surface area contributed by atoms with Gasteiger partial charge >= 0.3 is 0 Å². The molecule has 2 atom stereocenters. The predicted octanol–water partition coefficient (Wildman–Crippen LogP) is 1.96. The van der Waals surface area contributed by atoms with Crippen LogP contribution in [0.4, 0.5) is 0 Å². The number of carbonyl (C=O) groups is 1. The number of piperidine rings is 1. The molecule has 0 aliphatic carbocycles. The maximum absolute atomic E-state index is 12.9. The lowest BCUT2D eigenvalue weighted by atomic mass is 9.80. The molecule has 1 aromatic rings. The van der Waals surface area contributed by atoms with Crippen LogP contribution in [0.2, 0.25) is 0 Å². The van der Waals surface area contributed by atoms with Crippen molar-refractivity contribution in [1.29, 1.82) is 0 Å². The van der Waals surface area contributed by atoms with Gasteiger partial charge in [0.15, 0.2) is 0 Å². The number of rotatable bonds is 3. The predicted molar refractivity (Wildman–Crippen MR) is 91.9 cm³/mol. The Bertz CT molecular complexity index is 614. The number of hydrogen-bond donors (Lipinski definition) is 0. The maximum Gasteiger partial charge on any atom is 0.272 e. The SMILES string of the molecule is Cc1cccnc1C(=O)N1C[C@@H]2COC[C@]2(CN2CCCCC2)C1. The maximum atomic E-state index is 12.9. The van der Waals surface area contributed by atoms with E-state index in [0.717, 1.165) is 38.4 Å². The Morgan fingerprint density at radius 3 is 3.00 bits per heavy atom. The molecule has 0 aromatic carbocycles. The molecule has 1 amide bonds. The Kier molecular flexibility index (Phi) is 4.31. The Morgan fingerprint density at radius 1 is 1.38 bits per heavy atom. The topological polar surface area (TPSA) is 45.7 Å². The number of hydrogen-bond acceptors (Lipinski definition) is 4. The van der Waals surface area contributed by atoms with E-state index >= 15 is 0 Å². The molecule has 0 spiro atoms. The van der Waals surface area contributed by atoms with Gasteiger partial charge in [-0.1, -0.05) is 12.5 Å². The molecule has 0 radical (unpaired) electrons. The lowest BCUT2D eigenvalue weighted by Crippen LogP contribution is -2.45. The van der Waals surface area contributed by atoms with Crippen LogP contribution in [0.25, 0.3) is 0 Å². The van der Waals surface area contributed by atoms with Crippen LogP contribution < -0.4 is 0 Å². The minimum absolute atomic E-state index is 0.0838. The second-order valence-electron chi connectivity index (χ2n) is 7.77. The second-order valence-corrected chi connectivity index (χ2v) is 7.77. The first-order valence-corrected chi connectivity index (χ1v) is 9.19. The van der Waals surface area contributed by atoms with E-state index in [1.165, 1.54) is 32.4 Å². The smallest absolute Gasteiger partial charge is 0.272 e. The van der Waals surface area contributed by atoms with Crippen LogP contribution in [0, 0.1) is 18.3 Å². The molecule has 5 nitrogen and oxygen atoms in total. The molecular weight excluding hydrogens is 302 g/mol. The molecule has 130 valence electrons. The van der Waals surface area contributed by atoms with Crippen molar-refractivity contribution in [2.45, 2.75) is 26.2 Å². The summed E-state index contributed by atoms with van der Waals surface area (Å²) in [6, 6.07) is 3.85. The quantitative estimate of drug-likeness (QED) is 0.850. The molecule has 1 aromatic heterocycles. The van der Waals surface area contributed by atoms with Crippen molar-refractivity contribution in [2.24, 2.45) is 11.3 Å². The molecule has 0 N–H and O–H groups in total. The summed E-state index contributed by atoms with van der Waals surface area (Å²) in [5.41, 5.74) is 1.68. The van der Waals surface area contributed by atoms with Gasteiger partial charge in [-0.05, 0) is 44.5 Å². The van der Waals surface area contributed by atoms with Crippen LogP contribution in [0.1, 0.15) is 35.3 Å². The third-order valence-electron chi connectivity index (χ3n) is 6.01. The van der Waals surface area contributed by atoms with Crippen molar-refractivity contribution in [3.63, 3.8) is 0 Å². The van der Waals surface area contributed by atoms with Gasteiger partial charge in [0.25, 0.3) is 5.91 Å². The number of aryl methyl sites for hydroxylation is 1. The first-order chi connectivity index (χ1) is 11.7. The third-order valence-corrected chi connectivity index (χ3v) is 6.01. The summed E-state index contributed by atoms with van der Waals surface area (Å²) in [5.74, 6) is 0.549. The highest BCUT2D eigenvalue weighted by atomic mass is 16.5. The van der Waals surface area contributed by atoms with Crippen molar-refractivity contribution >= 4 is 5.91 Å². The lowest BCUT2D eigenvalue weighted by Gasteiger charge is -2.36. The third kappa shape index (κ3) is 2.84. The van der Waals surface area contributed by atoms with E-state index in [0.29, 0.717) is 11.6 Å². The number of ether oxygens (including phenoxy) is 1. The van der Waals surface area contributed by atoms with Gasteiger partial charge in [-0.3, -0.25) is 9.78 Å². The van der Waals surface area contributed by atoms with Gasteiger partial charge in [-0.25, -0.2) is 0 Å². The van der Waals surface area contributed by atoms with Gasteiger partial charge in [-0.15, -0.1) is 0 Å². The van der Waals surface area contributed by atoms with Crippen LogP contribution in [0.3, 0.4) is 0 Å². The molecule has 3 fully saturated rings. The summed E-state index contributed by atoms with van der Waals surface area (Å²) in [4.78, 5) is 21.9. The van der Waals surface area contributed by atoms with Gasteiger partial charge in [0.05, 0.1) is 13.2 Å². The molecule has 0 unspecified atom stereocenters. The summed E-state index contributed by atoms with van der Waals surface area (Å²) in [6.45, 7) is 8.62. The highest BCUT2D eigenvalue weighted by molar-refractivity contribution is 5.93. The number of nitrogens with zero attached hydrogens (tertiary/aromatic N) is 3. The summed E-state index contributed by atoms with van der Waals surface area (Å²) in [5, 5.41) is 0. The van der Waals surface area contributed by atoms with E-state index in [1.807, 2.05) is 24.0 Å². The highest BCUT2D eigenvalue weighted by Gasteiger charge is 2.52. The van der Waals surface area contributed by atoms with Crippen molar-refractivity contribution in [2.75, 3.05) is 45.9 Å². The molecular formula is C19H27N3O2. The first kappa shape index (κ1) is 16.0. The minimum atomic E-state index is 0.0838. The van der Waals surface area contributed by atoms with Crippen molar-refractivity contribution in [3.8, 4) is 0 Å². The van der Waals surface area contributed by atoms with Crippen LogP contribution in [-0.2, 0) is 4.74 Å². The van der Waals surface area contributed by atoms with E-state index in [1.54, 1.807) is 6.20 Å². The van der Waals surface area contributed by atoms with Gasteiger partial charge in [-0.2, -0.15) is 0 Å². The largest absolute Gasteiger partial charge is 0.380 e. The van der Waals surface area contributed by atoms with Crippen LogP contribution in [0.5, 0.6) is 0 Å². The van der Waals surface area contributed by atoms with E-state index in [2.05, 4.69) is 9.88 Å². The summed E-state index contributed by atoms with van der Waals surface area (Å²) in [7, 11) is 0. The molecule has 3 aliphatic rings. The van der Waals surface area contributed by atoms with E-state index < -0.39 is 0 Å². The van der Waals surface area contributed by atoms with Gasteiger partial charge in [0.2, 0.25) is 0 Å². The number of pyridine rings is 1. The van der Waals surface area contributed by atoms with E-state index in [-0.39, 0.29) is 11.3 Å². The molecule has 3 saturated heterocycles. The van der Waals surface area contributed by atoms with Crippen LogP contribution >= 0.6 is 0 Å². The number of amides is 1. The average molecular weight is 329 g/mol. The summed E-state index contributed by atoms with van der Waals surface area (Å²) in [6.07, 6.45) is 5.67. The molecule has 5 heteroatoms. The van der Waals surface area contributed by atoms with Crippen molar-refractivity contribution < 1.29 is 9.53 Å². The highest BCUT2D eigenvalue weighted by Crippen LogP contribution is 2.42. The fourth-order valence-electron chi connectivity index (χ4n) is 4.63. The van der Waals surface area contributed by atoms with Gasteiger partial charge < -0.3 is 14.5 Å². The number of carbonyl (C=O) groups excluding carboxylic acids is 1. The van der Waals surface area contributed by atoms with Crippen molar-refractivity contribution in [1.82, 2.24) is 14.8 Å². The summed E-state index contributed by atoms with van der Waals surface area (Å²) >= 11 is 0. The summed E-state index contributed by atoms with van der Waals surface area (Å²) < 4.78 is 5.83. The standard InChI is InChI=1S/C19H27N3O2/c1-15-6-5-7-20-17(15)18(23)22-10-16-11-24-14-19(16,13-22)12-21-8-3-2-4-9-21/h5-7,16H,2-4,8-14H2,1H3/t16-,19+/m1/s1. The zero-order chi connectivity index (χ0) is 16.6. The molecule has 4 rings (SSSR count).